The first-order chi connectivity index (χ1) is 7.20. The molecule has 0 aliphatic rings. The van der Waals surface area contributed by atoms with Gasteiger partial charge in [0.05, 0.1) is 5.66 Å². The fourth-order valence-electron chi connectivity index (χ4n) is 1.74. The van der Waals surface area contributed by atoms with Crippen LogP contribution in [-0.4, -0.2) is 9.79 Å². The average molecular weight is 220 g/mol. The van der Waals surface area contributed by atoms with Crippen LogP contribution in [0.1, 0.15) is 18.1 Å². The summed E-state index contributed by atoms with van der Waals surface area (Å²) in [5.74, 6) is 0. The van der Waals surface area contributed by atoms with Crippen LogP contribution in [0.2, 0.25) is 0 Å². The zero-order valence-electron chi connectivity index (χ0n) is 8.46. The lowest BCUT2D eigenvalue weighted by molar-refractivity contribution is 0.470. The van der Waals surface area contributed by atoms with Gasteiger partial charge in [-0.25, -0.2) is 0 Å². The highest BCUT2D eigenvalue weighted by Gasteiger charge is 2.16. The molecule has 0 saturated heterocycles. The molecule has 0 saturated carbocycles. The monoisotopic (exact) mass is 220 g/mol. The van der Waals surface area contributed by atoms with Gasteiger partial charge in [0, 0.05) is 0 Å². The maximum absolute atomic E-state index is 9.25. The summed E-state index contributed by atoms with van der Waals surface area (Å²) < 4.78 is 0. The van der Waals surface area contributed by atoms with Gasteiger partial charge in [0.1, 0.15) is 0 Å². The molecule has 1 atom stereocenters. The smallest absolute Gasteiger partial charge is 0.172 e. The van der Waals surface area contributed by atoms with Crippen molar-refractivity contribution < 1.29 is 9.79 Å². The first kappa shape index (κ1) is 10.6. The zero-order valence-corrected chi connectivity index (χ0v) is 9.35. The number of benzene rings is 2. The molecule has 2 aromatic carbocycles. The number of hydrogen-bond acceptors (Lipinski definition) is 2. The van der Waals surface area contributed by atoms with Crippen molar-refractivity contribution in [3.63, 3.8) is 0 Å². The molecule has 2 N–H and O–H groups in total. The van der Waals surface area contributed by atoms with Crippen molar-refractivity contribution in [1.29, 1.82) is 0 Å². The van der Waals surface area contributed by atoms with E-state index in [-0.39, 0.29) is 5.66 Å². The van der Waals surface area contributed by atoms with Crippen molar-refractivity contribution in [2.75, 3.05) is 0 Å². The second-order valence-electron chi connectivity index (χ2n) is 3.56. The Morgan fingerprint density at radius 3 is 2.40 bits per heavy atom. The first-order valence-corrected chi connectivity index (χ1v) is 6.16. The van der Waals surface area contributed by atoms with Gasteiger partial charge in [-0.05, 0) is 23.3 Å². The Labute approximate surface area is 90.1 Å². The normalized spacial score (nSPS) is 13.3. The minimum absolute atomic E-state index is 0.203. The third-order valence-electron chi connectivity index (χ3n) is 2.62. The van der Waals surface area contributed by atoms with Gasteiger partial charge in [-0.3, -0.25) is 0 Å². The van der Waals surface area contributed by atoms with Gasteiger partial charge in [-0.2, -0.15) is 0 Å². The molecule has 2 nitrogen and oxygen atoms in total. The Morgan fingerprint density at radius 1 is 1.00 bits per heavy atom. The molecule has 0 radical (unpaired) electrons. The molecule has 0 aromatic heterocycles. The molecule has 0 bridgehead atoms. The summed E-state index contributed by atoms with van der Waals surface area (Å²) in [6.07, 6.45) is 0. The maximum atomic E-state index is 9.25. The number of rotatable bonds is 2. The van der Waals surface area contributed by atoms with Crippen LogP contribution in [0.4, 0.5) is 0 Å². The van der Waals surface area contributed by atoms with E-state index in [1.54, 1.807) is 0 Å². The lowest BCUT2D eigenvalue weighted by atomic mass is 10.0. The number of fused-ring (bicyclic) bond motifs is 1. The highest BCUT2D eigenvalue weighted by Crippen LogP contribution is 2.45. The van der Waals surface area contributed by atoms with E-state index in [1.807, 2.05) is 49.4 Å². The second kappa shape index (κ2) is 4.28. The minimum atomic E-state index is -1.91. The summed E-state index contributed by atoms with van der Waals surface area (Å²) in [5.41, 5.74) is 0.801. The summed E-state index contributed by atoms with van der Waals surface area (Å²) in [5, 5.41) is 2.24. The van der Waals surface area contributed by atoms with Crippen molar-refractivity contribution in [2.24, 2.45) is 0 Å². The molecule has 0 aliphatic heterocycles. The van der Waals surface area contributed by atoms with E-state index < -0.39 is 8.38 Å². The standard InChI is InChI=1S/C12H13O2P/c1-9(15(13)14)11-8-4-6-10-5-2-3-7-12(10)11/h2-9,13-14H,1H3. The van der Waals surface area contributed by atoms with E-state index in [0.717, 1.165) is 16.3 Å². The van der Waals surface area contributed by atoms with Crippen LogP contribution in [0.15, 0.2) is 42.5 Å². The minimum Gasteiger partial charge on any atom is -0.350 e. The fourth-order valence-corrected chi connectivity index (χ4v) is 2.21. The van der Waals surface area contributed by atoms with Crippen molar-refractivity contribution in [3.05, 3.63) is 48.0 Å². The lowest BCUT2D eigenvalue weighted by Crippen LogP contribution is -1.92. The molecule has 0 heterocycles. The lowest BCUT2D eigenvalue weighted by Gasteiger charge is -2.15. The van der Waals surface area contributed by atoms with Crippen molar-refractivity contribution in [1.82, 2.24) is 0 Å². The third kappa shape index (κ3) is 2.03. The Hall–Kier alpha value is -0.950. The van der Waals surface area contributed by atoms with E-state index in [2.05, 4.69) is 0 Å². The van der Waals surface area contributed by atoms with Crippen LogP contribution in [0.5, 0.6) is 0 Å². The second-order valence-corrected chi connectivity index (χ2v) is 4.98. The molecular weight excluding hydrogens is 207 g/mol. The molecule has 0 spiro atoms. The summed E-state index contributed by atoms with van der Waals surface area (Å²) in [6.45, 7) is 1.84. The summed E-state index contributed by atoms with van der Waals surface area (Å²) in [7, 11) is -1.91. The highest BCUT2D eigenvalue weighted by atomic mass is 31.2. The van der Waals surface area contributed by atoms with Crippen LogP contribution in [-0.2, 0) is 0 Å². The topological polar surface area (TPSA) is 40.5 Å². The molecule has 15 heavy (non-hydrogen) atoms. The van der Waals surface area contributed by atoms with Gasteiger partial charge in [0.15, 0.2) is 8.38 Å². The molecule has 3 heteroatoms. The summed E-state index contributed by atoms with van der Waals surface area (Å²) in [6, 6.07) is 13.9. The van der Waals surface area contributed by atoms with Gasteiger partial charge >= 0.3 is 0 Å². The predicted octanol–water partition coefficient (Wildman–Crippen LogP) is 3.20. The Balaban J connectivity index is 2.60. The molecule has 0 fully saturated rings. The van der Waals surface area contributed by atoms with Gasteiger partial charge in [0.2, 0.25) is 0 Å². The van der Waals surface area contributed by atoms with Gasteiger partial charge < -0.3 is 9.79 Å². The molecule has 78 valence electrons. The Morgan fingerprint density at radius 2 is 1.67 bits per heavy atom. The molecule has 1 unspecified atom stereocenters. The number of hydrogen-bond donors (Lipinski definition) is 2. The van der Waals surface area contributed by atoms with Crippen molar-refractivity contribution in [2.45, 2.75) is 12.6 Å². The third-order valence-corrected chi connectivity index (χ3v) is 3.59. The van der Waals surface area contributed by atoms with E-state index >= 15 is 0 Å². The largest absolute Gasteiger partial charge is 0.350 e. The predicted molar refractivity (Wildman–Crippen MR) is 63.7 cm³/mol. The maximum Gasteiger partial charge on any atom is 0.172 e. The van der Waals surface area contributed by atoms with Crippen LogP contribution < -0.4 is 0 Å². The fraction of sp³-hybridized carbons (Fsp3) is 0.167. The van der Waals surface area contributed by atoms with E-state index in [1.165, 1.54) is 0 Å². The van der Waals surface area contributed by atoms with Crippen LogP contribution in [0.3, 0.4) is 0 Å². The first-order valence-electron chi connectivity index (χ1n) is 4.85. The van der Waals surface area contributed by atoms with Crippen LogP contribution in [0, 0.1) is 0 Å². The van der Waals surface area contributed by atoms with E-state index in [9.17, 15) is 9.79 Å². The average Bonchev–Trinajstić information content (AvgIpc) is 2.27. The van der Waals surface area contributed by atoms with Gasteiger partial charge in [0.25, 0.3) is 0 Å². The van der Waals surface area contributed by atoms with E-state index in [4.69, 9.17) is 0 Å². The molecule has 0 aliphatic carbocycles. The SMILES string of the molecule is CC(c1cccc2ccccc12)P(O)O. The quantitative estimate of drug-likeness (QED) is 0.763. The Bertz CT molecular complexity index is 463. The zero-order chi connectivity index (χ0) is 10.8. The Kier molecular flexibility index (Phi) is 3.01. The van der Waals surface area contributed by atoms with Gasteiger partial charge in [-0.1, -0.05) is 42.5 Å². The summed E-state index contributed by atoms with van der Waals surface area (Å²) >= 11 is 0. The van der Waals surface area contributed by atoms with Crippen LogP contribution in [0.25, 0.3) is 10.8 Å². The van der Waals surface area contributed by atoms with Gasteiger partial charge in [-0.15, -0.1) is 0 Å². The van der Waals surface area contributed by atoms with Crippen LogP contribution >= 0.6 is 8.38 Å². The molecule has 0 amide bonds. The highest BCUT2D eigenvalue weighted by molar-refractivity contribution is 7.45. The molecular formula is C12H13O2P. The molecule has 2 aromatic rings. The summed E-state index contributed by atoms with van der Waals surface area (Å²) in [4.78, 5) is 18.5. The van der Waals surface area contributed by atoms with Crippen molar-refractivity contribution in [3.8, 4) is 0 Å². The van der Waals surface area contributed by atoms with E-state index in [0.29, 0.717) is 0 Å². The van der Waals surface area contributed by atoms with Crippen molar-refractivity contribution >= 4 is 19.1 Å². The molecule has 2 rings (SSSR count).